The minimum atomic E-state index is 0.360. The van der Waals surface area contributed by atoms with Crippen LogP contribution in [0.15, 0.2) is 101 Å². The zero-order valence-corrected chi connectivity index (χ0v) is 24.3. The first-order valence-corrected chi connectivity index (χ1v) is 14.7. The number of nitrogens with zero attached hydrogens (tertiary/aromatic N) is 3. The van der Waals surface area contributed by atoms with Crippen molar-refractivity contribution in [3.63, 3.8) is 0 Å². The fraction of sp³-hybridized carbons (Fsp3) is 0.158. The molecule has 5 aromatic carbocycles. The molecule has 0 fully saturated rings. The zero-order valence-electron chi connectivity index (χ0n) is 24.3. The number of hydrogen-bond donors (Lipinski definition) is 0. The summed E-state index contributed by atoms with van der Waals surface area (Å²) in [4.78, 5) is 9.87. The van der Waals surface area contributed by atoms with Crippen LogP contribution in [0.3, 0.4) is 0 Å². The van der Waals surface area contributed by atoms with Crippen molar-refractivity contribution in [3.05, 3.63) is 119 Å². The molecular weight excluding hydrogens is 514 g/mol. The van der Waals surface area contributed by atoms with Crippen molar-refractivity contribution in [3.8, 4) is 11.4 Å². The van der Waals surface area contributed by atoms with Crippen molar-refractivity contribution in [1.29, 1.82) is 0 Å². The first-order chi connectivity index (χ1) is 20.5. The molecule has 0 spiro atoms. The normalized spacial score (nSPS) is 12.1. The SMILES string of the molecule is Cc1cc(C)c2c(n1)oc1cc(-c3nc4ccccc4n3Cc3c(C(C)C)c4ccccc4c4ccccc34)ccc12. The summed E-state index contributed by atoms with van der Waals surface area (Å²) in [6.07, 6.45) is 0. The summed E-state index contributed by atoms with van der Waals surface area (Å²) >= 11 is 0. The molecule has 3 heterocycles. The number of para-hydroxylation sites is 2. The van der Waals surface area contributed by atoms with Gasteiger partial charge in [-0.25, -0.2) is 9.97 Å². The molecular formula is C38H31N3O. The predicted octanol–water partition coefficient (Wildman–Crippen LogP) is 10.1. The third kappa shape index (κ3) is 3.68. The van der Waals surface area contributed by atoms with Crippen molar-refractivity contribution in [1.82, 2.24) is 14.5 Å². The second-order valence-electron chi connectivity index (χ2n) is 11.7. The highest BCUT2D eigenvalue weighted by atomic mass is 16.3. The van der Waals surface area contributed by atoms with Gasteiger partial charge in [0.15, 0.2) is 0 Å². The van der Waals surface area contributed by atoms with Crippen LogP contribution in [0.2, 0.25) is 0 Å². The van der Waals surface area contributed by atoms with Gasteiger partial charge in [0.25, 0.3) is 0 Å². The van der Waals surface area contributed by atoms with Gasteiger partial charge in [-0.05, 0) is 88.3 Å². The fourth-order valence-corrected chi connectivity index (χ4v) is 6.95. The summed E-state index contributed by atoms with van der Waals surface area (Å²) in [5.74, 6) is 1.30. The Morgan fingerprint density at radius 1 is 0.714 bits per heavy atom. The Labute approximate surface area is 244 Å². The van der Waals surface area contributed by atoms with Crippen LogP contribution in [0.25, 0.3) is 66.0 Å². The van der Waals surface area contributed by atoms with Crippen LogP contribution < -0.4 is 0 Å². The quantitative estimate of drug-likeness (QED) is 0.207. The second kappa shape index (κ2) is 9.28. The Bertz CT molecular complexity index is 2340. The zero-order chi connectivity index (χ0) is 28.5. The van der Waals surface area contributed by atoms with Crippen LogP contribution in [-0.2, 0) is 6.54 Å². The summed E-state index contributed by atoms with van der Waals surface area (Å²) < 4.78 is 8.70. The van der Waals surface area contributed by atoms with E-state index in [0.29, 0.717) is 18.2 Å². The van der Waals surface area contributed by atoms with Gasteiger partial charge in [0.2, 0.25) is 5.71 Å². The standard InChI is InChI=1S/C38H31N3O/c1-22(2)35-29-14-8-7-12-27(29)26-11-5-6-13-28(26)31(35)21-41-33-16-10-9-15-32(33)40-37(41)25-17-18-30-34(20-25)42-38-36(30)23(3)19-24(4)39-38/h5-20,22H,21H2,1-4H3. The topological polar surface area (TPSA) is 43.9 Å². The van der Waals surface area contributed by atoms with Gasteiger partial charge in [-0.15, -0.1) is 0 Å². The average molecular weight is 546 g/mol. The third-order valence-electron chi connectivity index (χ3n) is 8.66. The van der Waals surface area contributed by atoms with E-state index in [9.17, 15) is 0 Å². The molecule has 8 aromatic rings. The van der Waals surface area contributed by atoms with Gasteiger partial charge in [-0.3, -0.25) is 0 Å². The Kier molecular flexibility index (Phi) is 5.48. The number of benzene rings is 5. The van der Waals surface area contributed by atoms with Gasteiger partial charge in [0.1, 0.15) is 11.4 Å². The minimum Gasteiger partial charge on any atom is -0.438 e. The van der Waals surface area contributed by atoms with Crippen LogP contribution in [0.1, 0.15) is 42.1 Å². The Balaban J connectivity index is 1.39. The molecule has 0 bridgehead atoms. The van der Waals surface area contributed by atoms with E-state index in [-0.39, 0.29) is 0 Å². The molecule has 0 aliphatic carbocycles. The lowest BCUT2D eigenvalue weighted by molar-refractivity contribution is 0.652. The highest BCUT2D eigenvalue weighted by molar-refractivity contribution is 6.11. The summed E-state index contributed by atoms with van der Waals surface area (Å²) in [6, 6.07) is 34.7. The molecule has 0 saturated carbocycles. The van der Waals surface area contributed by atoms with E-state index in [0.717, 1.165) is 44.5 Å². The number of furan rings is 1. The lowest BCUT2D eigenvalue weighted by atomic mass is 9.86. The van der Waals surface area contributed by atoms with Crippen LogP contribution in [-0.4, -0.2) is 14.5 Å². The highest BCUT2D eigenvalue weighted by Gasteiger charge is 2.21. The molecule has 0 aliphatic heterocycles. The highest BCUT2D eigenvalue weighted by Crippen LogP contribution is 2.39. The second-order valence-corrected chi connectivity index (χ2v) is 11.7. The lowest BCUT2D eigenvalue weighted by Crippen LogP contribution is -2.08. The van der Waals surface area contributed by atoms with Crippen molar-refractivity contribution < 1.29 is 4.42 Å². The number of rotatable bonds is 4. The van der Waals surface area contributed by atoms with Gasteiger partial charge < -0.3 is 8.98 Å². The maximum absolute atomic E-state index is 6.32. The monoisotopic (exact) mass is 545 g/mol. The van der Waals surface area contributed by atoms with Crippen molar-refractivity contribution in [2.24, 2.45) is 0 Å². The van der Waals surface area contributed by atoms with Crippen LogP contribution in [0, 0.1) is 13.8 Å². The van der Waals surface area contributed by atoms with Gasteiger partial charge in [-0.1, -0.05) is 80.6 Å². The maximum Gasteiger partial charge on any atom is 0.227 e. The van der Waals surface area contributed by atoms with E-state index in [4.69, 9.17) is 9.40 Å². The number of pyridine rings is 1. The molecule has 8 rings (SSSR count). The Morgan fingerprint density at radius 2 is 1.40 bits per heavy atom. The molecule has 0 atom stereocenters. The minimum absolute atomic E-state index is 0.360. The van der Waals surface area contributed by atoms with Crippen molar-refractivity contribution in [2.45, 2.75) is 40.2 Å². The molecule has 0 N–H and O–H groups in total. The molecule has 0 radical (unpaired) electrons. The number of hydrogen-bond acceptors (Lipinski definition) is 3. The number of imidazole rings is 1. The molecule has 42 heavy (non-hydrogen) atoms. The summed E-state index contributed by atoms with van der Waals surface area (Å²) in [6.45, 7) is 9.46. The van der Waals surface area contributed by atoms with E-state index in [1.165, 1.54) is 38.2 Å². The van der Waals surface area contributed by atoms with Crippen LogP contribution in [0.4, 0.5) is 0 Å². The first kappa shape index (κ1) is 24.8. The third-order valence-corrected chi connectivity index (χ3v) is 8.66. The summed E-state index contributed by atoms with van der Waals surface area (Å²) in [5, 5.41) is 7.40. The number of fused-ring (bicyclic) bond motifs is 7. The molecule has 4 nitrogen and oxygen atoms in total. The number of aromatic nitrogens is 3. The van der Waals surface area contributed by atoms with E-state index in [1.54, 1.807) is 0 Å². The van der Waals surface area contributed by atoms with Crippen molar-refractivity contribution in [2.75, 3.05) is 0 Å². The van der Waals surface area contributed by atoms with Crippen molar-refractivity contribution >= 4 is 54.6 Å². The average Bonchev–Trinajstić information content (AvgIpc) is 3.54. The van der Waals surface area contributed by atoms with E-state index >= 15 is 0 Å². The van der Waals surface area contributed by atoms with Crippen LogP contribution >= 0.6 is 0 Å². The fourth-order valence-electron chi connectivity index (χ4n) is 6.95. The molecule has 0 aliphatic rings. The maximum atomic E-state index is 6.32. The Morgan fingerprint density at radius 3 is 2.19 bits per heavy atom. The summed E-state index contributed by atoms with van der Waals surface area (Å²) in [7, 11) is 0. The van der Waals surface area contributed by atoms with Crippen LogP contribution in [0.5, 0.6) is 0 Å². The van der Waals surface area contributed by atoms with Gasteiger partial charge in [0.05, 0.1) is 23.0 Å². The van der Waals surface area contributed by atoms with E-state index in [2.05, 4.69) is 127 Å². The predicted molar refractivity (Wildman–Crippen MR) is 174 cm³/mol. The van der Waals surface area contributed by atoms with Gasteiger partial charge in [-0.2, -0.15) is 0 Å². The lowest BCUT2D eigenvalue weighted by Gasteiger charge is -2.21. The largest absolute Gasteiger partial charge is 0.438 e. The number of aryl methyl sites for hydroxylation is 2. The molecule has 3 aromatic heterocycles. The Hall–Kier alpha value is -4.96. The first-order valence-electron chi connectivity index (χ1n) is 14.7. The molecule has 0 unspecified atom stereocenters. The van der Waals surface area contributed by atoms with Gasteiger partial charge in [0, 0.05) is 16.6 Å². The van der Waals surface area contributed by atoms with Gasteiger partial charge >= 0.3 is 0 Å². The molecule has 0 amide bonds. The smallest absolute Gasteiger partial charge is 0.227 e. The molecule has 4 heteroatoms. The van der Waals surface area contributed by atoms with E-state index in [1.807, 2.05) is 6.92 Å². The summed E-state index contributed by atoms with van der Waals surface area (Å²) in [5.41, 5.74) is 9.56. The molecule has 0 saturated heterocycles. The van der Waals surface area contributed by atoms with E-state index < -0.39 is 0 Å². The molecule has 204 valence electrons.